The SMILES string of the molecule is CC(C)c1nn(CC(=O)O)c(=O)c2cc(C3CC3)cn12. The van der Waals surface area contributed by atoms with E-state index in [9.17, 15) is 9.59 Å². The van der Waals surface area contributed by atoms with Crippen LogP contribution in [0, 0.1) is 0 Å². The van der Waals surface area contributed by atoms with Gasteiger partial charge in [-0.1, -0.05) is 13.8 Å². The highest BCUT2D eigenvalue weighted by atomic mass is 16.4. The number of aromatic nitrogens is 3. The highest BCUT2D eigenvalue weighted by Gasteiger charge is 2.26. The molecule has 106 valence electrons. The van der Waals surface area contributed by atoms with Gasteiger partial charge in [0.05, 0.1) is 0 Å². The molecule has 0 radical (unpaired) electrons. The van der Waals surface area contributed by atoms with Gasteiger partial charge >= 0.3 is 5.97 Å². The number of carboxylic acids is 1. The summed E-state index contributed by atoms with van der Waals surface area (Å²) in [6.07, 6.45) is 4.29. The predicted molar refractivity (Wildman–Crippen MR) is 73.2 cm³/mol. The summed E-state index contributed by atoms with van der Waals surface area (Å²) in [5.41, 5.74) is 1.33. The number of fused-ring (bicyclic) bond motifs is 1. The van der Waals surface area contributed by atoms with Crippen LogP contribution < -0.4 is 5.56 Å². The second-order valence-electron chi connectivity index (χ2n) is 5.67. The minimum absolute atomic E-state index is 0.109. The predicted octanol–water partition coefficient (Wildman–Crippen LogP) is 1.58. The van der Waals surface area contributed by atoms with Crippen molar-refractivity contribution in [1.29, 1.82) is 0 Å². The summed E-state index contributed by atoms with van der Waals surface area (Å²) in [6.45, 7) is 3.56. The van der Waals surface area contributed by atoms with Crippen molar-refractivity contribution >= 4 is 11.5 Å². The zero-order valence-corrected chi connectivity index (χ0v) is 11.5. The Labute approximate surface area is 115 Å². The Hall–Kier alpha value is -2.11. The molecule has 3 rings (SSSR count). The number of aliphatic carboxylic acids is 1. The van der Waals surface area contributed by atoms with E-state index in [4.69, 9.17) is 5.11 Å². The number of rotatable bonds is 4. The van der Waals surface area contributed by atoms with E-state index >= 15 is 0 Å². The molecule has 0 unspecified atom stereocenters. The third kappa shape index (κ3) is 2.11. The van der Waals surface area contributed by atoms with Gasteiger partial charge in [0.15, 0.2) is 0 Å². The van der Waals surface area contributed by atoms with Gasteiger partial charge in [0.2, 0.25) is 0 Å². The van der Waals surface area contributed by atoms with Crippen LogP contribution in [0.15, 0.2) is 17.1 Å². The van der Waals surface area contributed by atoms with E-state index in [0.29, 0.717) is 17.3 Å². The minimum atomic E-state index is -1.06. The minimum Gasteiger partial charge on any atom is -0.480 e. The summed E-state index contributed by atoms with van der Waals surface area (Å²) in [7, 11) is 0. The van der Waals surface area contributed by atoms with E-state index < -0.39 is 12.5 Å². The quantitative estimate of drug-likeness (QED) is 0.919. The van der Waals surface area contributed by atoms with Gasteiger partial charge < -0.3 is 5.11 Å². The zero-order valence-electron chi connectivity index (χ0n) is 11.5. The molecule has 0 bridgehead atoms. The van der Waals surface area contributed by atoms with Gasteiger partial charge in [0, 0.05) is 12.1 Å². The standard InChI is InChI=1S/C14H17N3O3/c1-8(2)13-15-17(7-12(18)19)14(20)11-5-10(6-16(11)13)9-3-4-9/h5-6,8-9H,3-4,7H2,1-2H3,(H,18,19). The van der Waals surface area contributed by atoms with Crippen LogP contribution in [0.4, 0.5) is 0 Å². The summed E-state index contributed by atoms with van der Waals surface area (Å²) >= 11 is 0. The Morgan fingerprint density at radius 2 is 2.20 bits per heavy atom. The normalized spacial score (nSPS) is 15.2. The Balaban J connectivity index is 2.24. The summed E-state index contributed by atoms with van der Waals surface area (Å²) in [5.74, 6) is 0.306. The van der Waals surface area contributed by atoms with Crippen LogP contribution in [0.3, 0.4) is 0 Å². The summed E-state index contributed by atoms with van der Waals surface area (Å²) in [5, 5.41) is 13.1. The van der Waals surface area contributed by atoms with Gasteiger partial charge in [-0.3, -0.25) is 14.0 Å². The number of hydrogen-bond acceptors (Lipinski definition) is 3. The molecule has 1 saturated carbocycles. The maximum atomic E-state index is 12.3. The molecule has 6 heteroatoms. The molecule has 1 fully saturated rings. The van der Waals surface area contributed by atoms with Gasteiger partial charge in [0.1, 0.15) is 17.9 Å². The fourth-order valence-corrected chi connectivity index (χ4v) is 2.46. The molecular weight excluding hydrogens is 258 g/mol. The maximum Gasteiger partial charge on any atom is 0.325 e. The smallest absolute Gasteiger partial charge is 0.325 e. The molecule has 0 spiro atoms. The Bertz CT molecular complexity index is 738. The highest BCUT2D eigenvalue weighted by molar-refractivity contribution is 5.66. The van der Waals surface area contributed by atoms with E-state index in [1.54, 1.807) is 0 Å². The van der Waals surface area contributed by atoms with Gasteiger partial charge in [0.25, 0.3) is 5.56 Å². The molecule has 0 amide bonds. The Kier molecular flexibility index (Phi) is 2.88. The fourth-order valence-electron chi connectivity index (χ4n) is 2.46. The number of carboxylic acid groups (broad SMARTS) is 1. The lowest BCUT2D eigenvalue weighted by molar-refractivity contribution is -0.138. The number of carbonyl (C=O) groups is 1. The summed E-state index contributed by atoms with van der Waals surface area (Å²) in [4.78, 5) is 23.2. The van der Waals surface area contributed by atoms with Crippen molar-refractivity contribution in [2.75, 3.05) is 0 Å². The van der Waals surface area contributed by atoms with Gasteiger partial charge in [-0.25, -0.2) is 4.68 Å². The highest BCUT2D eigenvalue weighted by Crippen LogP contribution is 2.40. The molecule has 1 N–H and O–H groups in total. The third-order valence-electron chi connectivity index (χ3n) is 3.61. The molecule has 0 atom stereocenters. The van der Waals surface area contributed by atoms with Gasteiger partial charge in [-0.05, 0) is 30.4 Å². The molecule has 1 aliphatic carbocycles. The van der Waals surface area contributed by atoms with Crippen molar-refractivity contribution in [2.45, 2.75) is 45.1 Å². The van der Waals surface area contributed by atoms with Crippen LogP contribution in [-0.2, 0) is 11.3 Å². The van der Waals surface area contributed by atoms with Gasteiger partial charge in [-0.15, -0.1) is 0 Å². The second-order valence-corrected chi connectivity index (χ2v) is 5.67. The maximum absolute atomic E-state index is 12.3. The third-order valence-corrected chi connectivity index (χ3v) is 3.61. The molecule has 2 heterocycles. The van der Waals surface area contributed by atoms with Crippen molar-refractivity contribution in [3.8, 4) is 0 Å². The average molecular weight is 275 g/mol. The van der Waals surface area contributed by atoms with E-state index in [1.807, 2.05) is 30.5 Å². The van der Waals surface area contributed by atoms with E-state index in [1.165, 1.54) is 0 Å². The van der Waals surface area contributed by atoms with Crippen LogP contribution in [0.25, 0.3) is 5.52 Å². The van der Waals surface area contributed by atoms with Crippen molar-refractivity contribution in [3.05, 3.63) is 34.0 Å². The molecule has 0 aliphatic heterocycles. The average Bonchev–Trinajstić information content (AvgIpc) is 3.11. The van der Waals surface area contributed by atoms with Gasteiger partial charge in [-0.2, -0.15) is 5.10 Å². The van der Waals surface area contributed by atoms with Crippen LogP contribution in [0.5, 0.6) is 0 Å². The molecule has 0 saturated heterocycles. The van der Waals surface area contributed by atoms with E-state index in [-0.39, 0.29) is 11.5 Å². The zero-order chi connectivity index (χ0) is 14.4. The van der Waals surface area contributed by atoms with Crippen LogP contribution in [0.1, 0.15) is 49.9 Å². The molecule has 1 aliphatic rings. The first-order valence-corrected chi connectivity index (χ1v) is 6.82. The molecular formula is C14H17N3O3. The lowest BCUT2D eigenvalue weighted by Gasteiger charge is -2.11. The molecule has 2 aromatic rings. The fraction of sp³-hybridized carbons (Fsp3) is 0.500. The largest absolute Gasteiger partial charge is 0.480 e. The first-order chi connectivity index (χ1) is 9.47. The van der Waals surface area contributed by atoms with Crippen molar-refractivity contribution in [1.82, 2.24) is 14.2 Å². The lowest BCUT2D eigenvalue weighted by Crippen LogP contribution is -2.30. The first kappa shape index (κ1) is 12.9. The summed E-state index contributed by atoms with van der Waals surface area (Å²) in [6, 6.07) is 1.88. The Morgan fingerprint density at radius 1 is 1.50 bits per heavy atom. The molecule has 2 aromatic heterocycles. The van der Waals surface area contributed by atoms with Crippen LogP contribution >= 0.6 is 0 Å². The van der Waals surface area contributed by atoms with Crippen LogP contribution in [0.2, 0.25) is 0 Å². The molecule has 20 heavy (non-hydrogen) atoms. The molecule has 6 nitrogen and oxygen atoms in total. The van der Waals surface area contributed by atoms with E-state index in [2.05, 4.69) is 5.10 Å². The second kappa shape index (κ2) is 4.47. The van der Waals surface area contributed by atoms with Crippen LogP contribution in [-0.4, -0.2) is 25.3 Å². The van der Waals surface area contributed by atoms with Crippen molar-refractivity contribution in [3.63, 3.8) is 0 Å². The number of nitrogens with zero attached hydrogens (tertiary/aromatic N) is 3. The first-order valence-electron chi connectivity index (χ1n) is 6.82. The van der Waals surface area contributed by atoms with Crippen molar-refractivity contribution < 1.29 is 9.90 Å². The Morgan fingerprint density at radius 3 is 2.75 bits per heavy atom. The van der Waals surface area contributed by atoms with Crippen molar-refractivity contribution in [2.24, 2.45) is 0 Å². The topological polar surface area (TPSA) is 76.6 Å². The summed E-state index contributed by atoms with van der Waals surface area (Å²) < 4.78 is 2.86. The van der Waals surface area contributed by atoms with E-state index in [0.717, 1.165) is 23.1 Å². The lowest BCUT2D eigenvalue weighted by atomic mass is 10.2. The molecule has 0 aromatic carbocycles. The monoisotopic (exact) mass is 275 g/mol. The number of hydrogen-bond donors (Lipinski definition) is 1.